The minimum atomic E-state index is -0.0553. The van der Waals surface area contributed by atoms with Gasteiger partial charge >= 0.3 is 0 Å². The van der Waals surface area contributed by atoms with Gasteiger partial charge in [0, 0.05) is 19.2 Å². The van der Waals surface area contributed by atoms with Gasteiger partial charge in [0.05, 0.1) is 7.11 Å². The van der Waals surface area contributed by atoms with Crippen molar-refractivity contribution in [1.82, 2.24) is 4.90 Å². The Hall–Kier alpha value is -2.01. The Morgan fingerprint density at radius 1 is 1.38 bits per heavy atom. The Morgan fingerprint density at radius 3 is 2.83 bits per heavy atom. The largest absolute Gasteiger partial charge is 0.493 e. The fourth-order valence-electron chi connectivity index (χ4n) is 3.00. The molecule has 2 rings (SSSR count). The number of carbonyl (C=O) groups excluding carboxylic acids is 1. The summed E-state index contributed by atoms with van der Waals surface area (Å²) >= 11 is 0. The van der Waals surface area contributed by atoms with Gasteiger partial charge in [0.25, 0.3) is 5.91 Å². The second-order valence-electron chi connectivity index (χ2n) is 6.22. The number of likely N-dealkylation sites (tertiary alicyclic amines) is 1. The van der Waals surface area contributed by atoms with E-state index < -0.39 is 0 Å². The van der Waals surface area contributed by atoms with Crippen LogP contribution in [-0.4, -0.2) is 48.8 Å². The highest BCUT2D eigenvalue weighted by Crippen LogP contribution is 2.29. The Bertz CT molecular complexity index is 585. The Morgan fingerprint density at radius 2 is 2.17 bits per heavy atom. The number of ether oxygens (including phenoxy) is 2. The molecule has 24 heavy (non-hydrogen) atoms. The van der Waals surface area contributed by atoms with Gasteiger partial charge in [-0.2, -0.15) is 0 Å². The molecule has 5 heteroatoms. The van der Waals surface area contributed by atoms with Crippen molar-refractivity contribution in [2.24, 2.45) is 5.92 Å². The second-order valence-corrected chi connectivity index (χ2v) is 6.22. The molecule has 1 saturated heterocycles. The summed E-state index contributed by atoms with van der Waals surface area (Å²) in [7, 11) is 1.59. The molecule has 1 N–H and O–H groups in total. The van der Waals surface area contributed by atoms with Gasteiger partial charge in [-0.05, 0) is 50.3 Å². The third kappa shape index (κ3) is 4.51. The lowest BCUT2D eigenvalue weighted by molar-refractivity contribution is -0.138. The van der Waals surface area contributed by atoms with E-state index in [0.717, 1.165) is 18.4 Å². The molecule has 2 unspecified atom stereocenters. The summed E-state index contributed by atoms with van der Waals surface area (Å²) in [5.74, 6) is 1.28. The first-order valence-corrected chi connectivity index (χ1v) is 8.42. The van der Waals surface area contributed by atoms with Crippen molar-refractivity contribution in [1.29, 1.82) is 0 Å². The van der Waals surface area contributed by atoms with Gasteiger partial charge in [0.2, 0.25) is 0 Å². The maximum absolute atomic E-state index is 12.5. The van der Waals surface area contributed by atoms with Crippen LogP contribution in [0.3, 0.4) is 0 Å². The Kier molecular flexibility index (Phi) is 6.67. The van der Waals surface area contributed by atoms with Gasteiger partial charge in [0.15, 0.2) is 18.1 Å². The molecule has 1 aliphatic rings. The molecule has 5 nitrogen and oxygen atoms in total. The minimum Gasteiger partial charge on any atom is -0.493 e. The highest BCUT2D eigenvalue weighted by atomic mass is 16.5. The van der Waals surface area contributed by atoms with Gasteiger partial charge in [-0.25, -0.2) is 0 Å². The van der Waals surface area contributed by atoms with Gasteiger partial charge in [-0.15, -0.1) is 0 Å². The molecule has 0 radical (unpaired) electrons. The first-order valence-electron chi connectivity index (χ1n) is 8.42. The number of rotatable bonds is 6. The number of hydrogen-bond donors (Lipinski definition) is 1. The lowest BCUT2D eigenvalue weighted by atomic mass is 9.94. The first-order chi connectivity index (χ1) is 11.6. The molecule has 0 spiro atoms. The number of methoxy groups -OCH3 is 1. The van der Waals surface area contributed by atoms with Crippen molar-refractivity contribution in [3.63, 3.8) is 0 Å². The molecule has 1 aromatic rings. The maximum atomic E-state index is 12.5. The number of aliphatic hydroxyl groups is 1. The molecule has 132 valence electrons. The van der Waals surface area contributed by atoms with Gasteiger partial charge in [-0.3, -0.25) is 4.79 Å². The quantitative estimate of drug-likeness (QED) is 0.870. The van der Waals surface area contributed by atoms with Crippen molar-refractivity contribution in [2.75, 3.05) is 26.9 Å². The van der Waals surface area contributed by atoms with Crippen LogP contribution in [0.4, 0.5) is 0 Å². The van der Waals surface area contributed by atoms with E-state index in [0.29, 0.717) is 18.0 Å². The number of nitrogens with zero attached hydrogens (tertiary/aromatic N) is 1. The molecule has 1 aliphatic heterocycles. The molecule has 0 aliphatic carbocycles. The van der Waals surface area contributed by atoms with E-state index in [1.54, 1.807) is 7.11 Å². The molecule has 2 atom stereocenters. The number of benzene rings is 1. The van der Waals surface area contributed by atoms with E-state index in [-0.39, 0.29) is 31.1 Å². The Labute approximate surface area is 143 Å². The van der Waals surface area contributed by atoms with E-state index in [4.69, 9.17) is 9.47 Å². The van der Waals surface area contributed by atoms with Crippen molar-refractivity contribution in [3.8, 4) is 11.5 Å². The number of allylic oxidation sites excluding steroid dienone is 1. The van der Waals surface area contributed by atoms with Crippen molar-refractivity contribution < 1.29 is 19.4 Å². The summed E-state index contributed by atoms with van der Waals surface area (Å²) in [5, 5.41) is 9.33. The smallest absolute Gasteiger partial charge is 0.260 e. The SMILES string of the molecule is CC=Cc1ccc(OCC(=O)N2CC(CO)CCC2C)c(OC)c1. The third-order valence-electron chi connectivity index (χ3n) is 4.46. The summed E-state index contributed by atoms with van der Waals surface area (Å²) in [4.78, 5) is 14.3. The van der Waals surface area contributed by atoms with Crippen molar-refractivity contribution in [2.45, 2.75) is 32.7 Å². The van der Waals surface area contributed by atoms with E-state index in [2.05, 4.69) is 0 Å². The predicted octanol–water partition coefficient (Wildman–Crippen LogP) is 2.73. The van der Waals surface area contributed by atoms with Crippen molar-refractivity contribution >= 4 is 12.0 Å². The zero-order chi connectivity index (χ0) is 17.5. The summed E-state index contributed by atoms with van der Waals surface area (Å²) in [6.07, 6.45) is 5.80. The highest BCUT2D eigenvalue weighted by molar-refractivity contribution is 5.78. The maximum Gasteiger partial charge on any atom is 0.260 e. The average molecular weight is 333 g/mol. The molecule has 0 aromatic heterocycles. The molecule has 1 aromatic carbocycles. The molecule has 1 amide bonds. The zero-order valence-electron chi connectivity index (χ0n) is 14.7. The molecule has 1 fully saturated rings. The highest BCUT2D eigenvalue weighted by Gasteiger charge is 2.28. The van der Waals surface area contributed by atoms with Crippen LogP contribution in [0.15, 0.2) is 24.3 Å². The zero-order valence-corrected chi connectivity index (χ0v) is 14.7. The van der Waals surface area contributed by atoms with E-state index in [1.807, 2.05) is 49.1 Å². The van der Waals surface area contributed by atoms with Crippen LogP contribution in [0.25, 0.3) is 6.08 Å². The van der Waals surface area contributed by atoms with E-state index >= 15 is 0 Å². The van der Waals surface area contributed by atoms with Gasteiger partial charge in [0.1, 0.15) is 0 Å². The monoisotopic (exact) mass is 333 g/mol. The first kappa shape index (κ1) is 18.3. The molecule has 0 saturated carbocycles. The minimum absolute atomic E-state index is 0.0260. The molecular weight excluding hydrogens is 306 g/mol. The van der Waals surface area contributed by atoms with Crippen LogP contribution in [0.1, 0.15) is 32.3 Å². The van der Waals surface area contributed by atoms with Crippen LogP contribution in [0.2, 0.25) is 0 Å². The molecular formula is C19H27NO4. The van der Waals surface area contributed by atoms with Crippen LogP contribution in [0, 0.1) is 5.92 Å². The number of piperidine rings is 1. The fourth-order valence-corrected chi connectivity index (χ4v) is 3.00. The van der Waals surface area contributed by atoms with Gasteiger partial charge in [-0.1, -0.05) is 18.2 Å². The number of aliphatic hydroxyl groups excluding tert-OH is 1. The van der Waals surface area contributed by atoms with Crippen LogP contribution < -0.4 is 9.47 Å². The van der Waals surface area contributed by atoms with Crippen LogP contribution in [-0.2, 0) is 4.79 Å². The van der Waals surface area contributed by atoms with E-state index in [9.17, 15) is 9.90 Å². The summed E-state index contributed by atoms with van der Waals surface area (Å²) in [5.41, 5.74) is 1.02. The lowest BCUT2D eigenvalue weighted by Crippen LogP contribution is -2.48. The van der Waals surface area contributed by atoms with Gasteiger partial charge < -0.3 is 19.5 Å². The summed E-state index contributed by atoms with van der Waals surface area (Å²) < 4.78 is 11.0. The molecule has 0 bridgehead atoms. The summed E-state index contributed by atoms with van der Waals surface area (Å²) in [6.45, 7) is 4.68. The number of carbonyl (C=O) groups is 1. The predicted molar refractivity (Wildman–Crippen MR) is 94.2 cm³/mol. The van der Waals surface area contributed by atoms with Crippen molar-refractivity contribution in [3.05, 3.63) is 29.8 Å². The average Bonchev–Trinajstić information content (AvgIpc) is 2.60. The second kappa shape index (κ2) is 8.73. The number of hydrogen-bond acceptors (Lipinski definition) is 4. The van der Waals surface area contributed by atoms with E-state index in [1.165, 1.54) is 0 Å². The topological polar surface area (TPSA) is 59.0 Å². The van der Waals surface area contributed by atoms with Crippen LogP contribution >= 0.6 is 0 Å². The number of amides is 1. The summed E-state index contributed by atoms with van der Waals surface area (Å²) in [6, 6.07) is 5.80. The fraction of sp³-hybridized carbons (Fsp3) is 0.526. The van der Waals surface area contributed by atoms with Crippen LogP contribution in [0.5, 0.6) is 11.5 Å². The standard InChI is InChI=1S/C19H27NO4/c1-4-5-15-8-9-17(18(10-15)23-3)24-13-19(22)20-11-16(12-21)7-6-14(20)2/h4-5,8-10,14,16,21H,6-7,11-13H2,1-3H3. The normalized spacial score (nSPS) is 21.1. The molecule has 1 heterocycles. The third-order valence-corrected chi connectivity index (χ3v) is 4.46. The Balaban J connectivity index is 2.00. The lowest BCUT2D eigenvalue weighted by Gasteiger charge is -2.37.